The van der Waals surface area contributed by atoms with E-state index in [0.717, 1.165) is 19.3 Å². The minimum atomic E-state index is 0.0850. The lowest BCUT2D eigenvalue weighted by Crippen LogP contribution is -2.24. The molecule has 88 valence electrons. The van der Waals surface area contributed by atoms with Crippen molar-refractivity contribution in [1.82, 2.24) is 5.32 Å². The molecule has 0 aliphatic carbocycles. The van der Waals surface area contributed by atoms with Crippen molar-refractivity contribution in [3.63, 3.8) is 0 Å². The molecule has 0 aliphatic heterocycles. The van der Waals surface area contributed by atoms with Crippen molar-refractivity contribution in [1.29, 1.82) is 0 Å². The number of carbonyl (C=O) groups excluding carboxylic acids is 1. The molecule has 0 saturated heterocycles. The van der Waals surface area contributed by atoms with Crippen LogP contribution in [0.15, 0.2) is 30.3 Å². The second kappa shape index (κ2) is 7.88. The van der Waals surface area contributed by atoms with Crippen LogP contribution in [0, 0.1) is 0 Å². The molecular weight excluding hydrogens is 202 g/mol. The number of hydrogen-bond acceptors (Lipinski definition) is 2. The van der Waals surface area contributed by atoms with E-state index in [1.807, 2.05) is 30.3 Å². The number of hydrogen-bond donors (Lipinski definition) is 2. The summed E-state index contributed by atoms with van der Waals surface area (Å²) in [4.78, 5) is 11.4. The van der Waals surface area contributed by atoms with Gasteiger partial charge in [0, 0.05) is 19.6 Å². The Morgan fingerprint density at radius 1 is 1.19 bits per heavy atom. The molecule has 16 heavy (non-hydrogen) atoms. The number of rotatable bonds is 7. The fourth-order valence-electron chi connectivity index (χ4n) is 1.46. The zero-order valence-electron chi connectivity index (χ0n) is 9.48. The Morgan fingerprint density at radius 3 is 2.62 bits per heavy atom. The summed E-state index contributed by atoms with van der Waals surface area (Å²) in [6, 6.07) is 9.99. The van der Waals surface area contributed by atoms with Gasteiger partial charge in [0.2, 0.25) is 5.91 Å². The van der Waals surface area contributed by atoms with Crippen LogP contribution >= 0.6 is 0 Å². The molecule has 1 aromatic rings. The summed E-state index contributed by atoms with van der Waals surface area (Å²) in [5.74, 6) is 0.0850. The first kappa shape index (κ1) is 12.7. The maximum atomic E-state index is 11.4. The second-order valence-electron chi connectivity index (χ2n) is 3.77. The van der Waals surface area contributed by atoms with Gasteiger partial charge in [-0.05, 0) is 24.8 Å². The van der Waals surface area contributed by atoms with E-state index in [1.165, 1.54) is 5.56 Å². The van der Waals surface area contributed by atoms with Gasteiger partial charge in [-0.3, -0.25) is 4.79 Å². The highest BCUT2D eigenvalue weighted by molar-refractivity contribution is 5.76. The summed E-state index contributed by atoms with van der Waals surface area (Å²) >= 11 is 0. The number of nitrogens with one attached hydrogen (secondary N) is 1. The van der Waals surface area contributed by atoms with E-state index < -0.39 is 0 Å². The molecule has 0 radical (unpaired) electrons. The van der Waals surface area contributed by atoms with Crippen molar-refractivity contribution in [2.75, 3.05) is 13.2 Å². The SMILES string of the molecule is O=C(CCc1ccccc1)NCCCCO. The molecule has 1 rings (SSSR count). The first-order chi connectivity index (χ1) is 7.83. The average Bonchev–Trinajstić information content (AvgIpc) is 2.33. The van der Waals surface area contributed by atoms with Crippen molar-refractivity contribution in [3.05, 3.63) is 35.9 Å². The summed E-state index contributed by atoms with van der Waals surface area (Å²) in [6.45, 7) is 0.855. The number of benzene rings is 1. The van der Waals surface area contributed by atoms with Gasteiger partial charge < -0.3 is 10.4 Å². The molecule has 0 spiro atoms. The molecule has 3 nitrogen and oxygen atoms in total. The van der Waals surface area contributed by atoms with Crippen LogP contribution in [0.5, 0.6) is 0 Å². The number of amides is 1. The molecule has 0 aliphatic rings. The number of aryl methyl sites for hydroxylation is 1. The van der Waals surface area contributed by atoms with Crippen LogP contribution in [0.3, 0.4) is 0 Å². The minimum Gasteiger partial charge on any atom is -0.396 e. The molecule has 3 heteroatoms. The van der Waals surface area contributed by atoms with Gasteiger partial charge in [0.15, 0.2) is 0 Å². The topological polar surface area (TPSA) is 49.3 Å². The maximum absolute atomic E-state index is 11.4. The van der Waals surface area contributed by atoms with Gasteiger partial charge in [0.1, 0.15) is 0 Å². The fraction of sp³-hybridized carbons (Fsp3) is 0.462. The van der Waals surface area contributed by atoms with Gasteiger partial charge in [-0.1, -0.05) is 30.3 Å². The van der Waals surface area contributed by atoms with Crippen molar-refractivity contribution in [3.8, 4) is 0 Å². The Bertz CT molecular complexity index is 298. The van der Waals surface area contributed by atoms with Gasteiger partial charge in [-0.2, -0.15) is 0 Å². The van der Waals surface area contributed by atoms with Crippen molar-refractivity contribution < 1.29 is 9.90 Å². The summed E-state index contributed by atoms with van der Waals surface area (Å²) in [6.07, 6.45) is 2.91. The third-order valence-corrected chi connectivity index (χ3v) is 2.39. The Labute approximate surface area is 96.5 Å². The highest BCUT2D eigenvalue weighted by Crippen LogP contribution is 2.01. The molecule has 0 unspecified atom stereocenters. The van der Waals surface area contributed by atoms with E-state index in [9.17, 15) is 4.79 Å². The number of aliphatic hydroxyl groups is 1. The Kier molecular flexibility index (Phi) is 6.26. The third-order valence-electron chi connectivity index (χ3n) is 2.39. The lowest BCUT2D eigenvalue weighted by molar-refractivity contribution is -0.121. The van der Waals surface area contributed by atoms with E-state index >= 15 is 0 Å². The number of aliphatic hydroxyl groups excluding tert-OH is 1. The van der Waals surface area contributed by atoms with Crippen LogP contribution in [0.4, 0.5) is 0 Å². The normalized spacial score (nSPS) is 10.1. The van der Waals surface area contributed by atoms with Gasteiger partial charge in [-0.15, -0.1) is 0 Å². The molecule has 1 amide bonds. The molecule has 0 atom stereocenters. The van der Waals surface area contributed by atoms with E-state index in [-0.39, 0.29) is 12.5 Å². The third kappa shape index (κ3) is 5.51. The predicted octanol–water partition coefficient (Wildman–Crippen LogP) is 1.51. The van der Waals surface area contributed by atoms with Crippen LogP contribution in [0.25, 0.3) is 0 Å². The van der Waals surface area contributed by atoms with Gasteiger partial charge in [0.05, 0.1) is 0 Å². The summed E-state index contributed by atoms with van der Waals surface area (Å²) in [7, 11) is 0. The van der Waals surface area contributed by atoms with Crippen LogP contribution in [0.1, 0.15) is 24.8 Å². The highest BCUT2D eigenvalue weighted by atomic mass is 16.2. The van der Waals surface area contributed by atoms with Crippen LogP contribution in [-0.2, 0) is 11.2 Å². The van der Waals surface area contributed by atoms with Gasteiger partial charge in [-0.25, -0.2) is 0 Å². The molecule has 0 bridgehead atoms. The Balaban J connectivity index is 2.11. The lowest BCUT2D eigenvalue weighted by Gasteiger charge is -2.04. The molecule has 0 saturated carbocycles. The quantitative estimate of drug-likeness (QED) is 0.686. The average molecular weight is 221 g/mol. The van der Waals surface area contributed by atoms with E-state index in [0.29, 0.717) is 13.0 Å². The zero-order chi connectivity index (χ0) is 11.6. The van der Waals surface area contributed by atoms with Crippen molar-refractivity contribution in [2.45, 2.75) is 25.7 Å². The van der Waals surface area contributed by atoms with Crippen LogP contribution < -0.4 is 5.32 Å². The first-order valence-corrected chi connectivity index (χ1v) is 5.74. The van der Waals surface area contributed by atoms with E-state index in [1.54, 1.807) is 0 Å². The van der Waals surface area contributed by atoms with E-state index in [4.69, 9.17) is 5.11 Å². The van der Waals surface area contributed by atoms with Crippen molar-refractivity contribution in [2.24, 2.45) is 0 Å². The largest absolute Gasteiger partial charge is 0.396 e. The van der Waals surface area contributed by atoms with Crippen molar-refractivity contribution >= 4 is 5.91 Å². The first-order valence-electron chi connectivity index (χ1n) is 5.74. The molecular formula is C13H19NO2. The standard InChI is InChI=1S/C13H19NO2/c15-11-5-4-10-14-13(16)9-8-12-6-2-1-3-7-12/h1-3,6-7,15H,4-5,8-11H2,(H,14,16). The second-order valence-corrected chi connectivity index (χ2v) is 3.77. The minimum absolute atomic E-state index is 0.0850. The van der Waals surface area contributed by atoms with Crippen LogP contribution in [-0.4, -0.2) is 24.2 Å². The summed E-state index contributed by atoms with van der Waals surface area (Å²) in [5, 5.41) is 11.4. The molecule has 1 aromatic carbocycles. The number of unbranched alkanes of at least 4 members (excludes halogenated alkanes) is 1. The highest BCUT2D eigenvalue weighted by Gasteiger charge is 2.00. The summed E-state index contributed by atoms with van der Waals surface area (Å²) in [5.41, 5.74) is 1.19. The summed E-state index contributed by atoms with van der Waals surface area (Å²) < 4.78 is 0. The number of carbonyl (C=O) groups is 1. The van der Waals surface area contributed by atoms with Crippen LogP contribution in [0.2, 0.25) is 0 Å². The Morgan fingerprint density at radius 2 is 1.94 bits per heavy atom. The van der Waals surface area contributed by atoms with Gasteiger partial charge >= 0.3 is 0 Å². The Hall–Kier alpha value is -1.35. The smallest absolute Gasteiger partial charge is 0.220 e. The molecule has 2 N–H and O–H groups in total. The lowest BCUT2D eigenvalue weighted by atomic mass is 10.1. The molecule has 0 fully saturated rings. The molecule has 0 heterocycles. The zero-order valence-corrected chi connectivity index (χ0v) is 9.48. The maximum Gasteiger partial charge on any atom is 0.220 e. The fourth-order valence-corrected chi connectivity index (χ4v) is 1.46. The molecule has 0 aromatic heterocycles. The van der Waals surface area contributed by atoms with Gasteiger partial charge in [0.25, 0.3) is 0 Å². The van der Waals surface area contributed by atoms with E-state index in [2.05, 4.69) is 5.32 Å². The monoisotopic (exact) mass is 221 g/mol. The predicted molar refractivity (Wildman–Crippen MR) is 64.1 cm³/mol.